The van der Waals surface area contributed by atoms with Crippen molar-refractivity contribution in [3.8, 4) is 6.07 Å². The van der Waals surface area contributed by atoms with Gasteiger partial charge in [-0.1, -0.05) is 0 Å². The summed E-state index contributed by atoms with van der Waals surface area (Å²) in [6.45, 7) is 1.33. The standard InChI is InChI=1S/C3H4Cl2NO4P/c1-3(2-6)8-11(7,9-4)10-5/h3H,1H3. The van der Waals surface area contributed by atoms with Crippen LogP contribution in [0.2, 0.25) is 0 Å². The van der Waals surface area contributed by atoms with E-state index in [1.54, 1.807) is 6.07 Å². The number of rotatable bonds is 4. The van der Waals surface area contributed by atoms with Gasteiger partial charge in [-0.05, 0) is 6.92 Å². The van der Waals surface area contributed by atoms with Gasteiger partial charge in [-0.25, -0.2) is 4.57 Å². The SMILES string of the molecule is CC(C#N)OP(=O)(OCl)OCl. The Hall–Kier alpha value is 0.180. The first-order valence-corrected chi connectivity index (χ1v) is 4.44. The zero-order valence-corrected chi connectivity index (χ0v) is 7.77. The van der Waals surface area contributed by atoms with Crippen molar-refractivity contribution in [2.75, 3.05) is 0 Å². The van der Waals surface area contributed by atoms with Gasteiger partial charge in [0.05, 0.1) is 29.8 Å². The topological polar surface area (TPSA) is 68.5 Å². The van der Waals surface area contributed by atoms with Crippen LogP contribution < -0.4 is 0 Å². The average Bonchev–Trinajstić information content (AvgIpc) is 2.04. The normalized spacial score (nSPS) is 14.0. The lowest BCUT2D eigenvalue weighted by molar-refractivity contribution is 0.194. The van der Waals surface area contributed by atoms with Crippen LogP contribution in [0.5, 0.6) is 0 Å². The molecule has 0 rings (SSSR count). The van der Waals surface area contributed by atoms with Crippen molar-refractivity contribution < 1.29 is 17.2 Å². The van der Waals surface area contributed by atoms with Crippen molar-refractivity contribution in [2.45, 2.75) is 13.0 Å². The van der Waals surface area contributed by atoms with Gasteiger partial charge in [0.25, 0.3) is 0 Å². The van der Waals surface area contributed by atoms with Crippen LogP contribution in [0.25, 0.3) is 0 Å². The van der Waals surface area contributed by atoms with Gasteiger partial charge in [0.1, 0.15) is 0 Å². The molecule has 1 unspecified atom stereocenters. The molecule has 0 aromatic heterocycles. The summed E-state index contributed by atoms with van der Waals surface area (Å²) in [6, 6.07) is 1.62. The molecule has 0 fully saturated rings. The van der Waals surface area contributed by atoms with Crippen molar-refractivity contribution in [3.05, 3.63) is 0 Å². The Morgan fingerprint density at radius 3 is 2.27 bits per heavy atom. The third kappa shape index (κ3) is 3.92. The lowest BCUT2D eigenvalue weighted by Crippen LogP contribution is -2.02. The molecule has 5 nitrogen and oxygen atoms in total. The van der Waals surface area contributed by atoms with E-state index < -0.39 is 13.9 Å². The van der Waals surface area contributed by atoms with E-state index in [4.69, 9.17) is 29.0 Å². The fourth-order valence-corrected chi connectivity index (χ4v) is 1.23. The fraction of sp³-hybridized carbons (Fsp3) is 0.667. The highest BCUT2D eigenvalue weighted by atomic mass is 35.5. The lowest BCUT2D eigenvalue weighted by Gasteiger charge is -2.09. The summed E-state index contributed by atoms with van der Waals surface area (Å²) in [5, 5.41) is 8.20. The van der Waals surface area contributed by atoms with Crippen molar-refractivity contribution in [1.29, 1.82) is 5.26 Å². The maximum absolute atomic E-state index is 10.8. The molecule has 0 aromatic rings. The molecule has 0 saturated heterocycles. The zero-order valence-electron chi connectivity index (χ0n) is 5.36. The van der Waals surface area contributed by atoms with Gasteiger partial charge in [0, 0.05) is 0 Å². The van der Waals surface area contributed by atoms with Crippen LogP contribution in [-0.2, 0) is 17.2 Å². The van der Waals surface area contributed by atoms with Gasteiger partial charge in [-0.15, -0.1) is 0 Å². The predicted molar refractivity (Wildman–Crippen MR) is 37.6 cm³/mol. The maximum Gasteiger partial charge on any atom is 0.509 e. The number of phosphoric acid groups is 1. The number of hydrogen-bond donors (Lipinski definition) is 0. The number of nitriles is 1. The Labute approximate surface area is 73.7 Å². The van der Waals surface area contributed by atoms with Crippen LogP contribution in [0.4, 0.5) is 0 Å². The molecule has 0 spiro atoms. The van der Waals surface area contributed by atoms with Crippen LogP contribution in [0.1, 0.15) is 6.92 Å². The minimum Gasteiger partial charge on any atom is -0.267 e. The molecular formula is C3H4Cl2NO4P. The van der Waals surface area contributed by atoms with E-state index in [0.717, 1.165) is 0 Å². The van der Waals surface area contributed by atoms with Gasteiger partial charge >= 0.3 is 7.82 Å². The molecule has 0 aliphatic carbocycles. The van der Waals surface area contributed by atoms with E-state index in [0.29, 0.717) is 0 Å². The Morgan fingerprint density at radius 2 is 2.00 bits per heavy atom. The summed E-state index contributed by atoms with van der Waals surface area (Å²) in [6.07, 6.45) is -0.974. The summed E-state index contributed by atoms with van der Waals surface area (Å²) in [7, 11) is -3.95. The van der Waals surface area contributed by atoms with E-state index in [1.165, 1.54) is 6.92 Å². The van der Waals surface area contributed by atoms with E-state index in [-0.39, 0.29) is 0 Å². The molecule has 0 aliphatic heterocycles. The van der Waals surface area contributed by atoms with E-state index in [2.05, 4.69) is 12.7 Å². The summed E-state index contributed by atoms with van der Waals surface area (Å²) in [5.41, 5.74) is 0. The van der Waals surface area contributed by atoms with Crippen molar-refractivity contribution in [3.63, 3.8) is 0 Å². The Bertz CT molecular complexity index is 196. The molecule has 0 N–H and O–H groups in total. The number of halogens is 2. The van der Waals surface area contributed by atoms with Gasteiger partial charge < -0.3 is 0 Å². The first-order chi connectivity index (χ1) is 5.08. The van der Waals surface area contributed by atoms with Crippen LogP contribution in [0, 0.1) is 11.3 Å². The average molecular weight is 220 g/mol. The molecule has 11 heavy (non-hydrogen) atoms. The summed E-state index contributed by atoms with van der Waals surface area (Å²) in [5.74, 6) is 0. The molecule has 0 aromatic carbocycles. The Balaban J connectivity index is 4.11. The minimum absolute atomic E-state index is 0.974. The zero-order chi connectivity index (χ0) is 8.91. The lowest BCUT2D eigenvalue weighted by atomic mass is 10.5. The quantitative estimate of drug-likeness (QED) is 0.680. The number of nitrogens with zero attached hydrogens (tertiary/aromatic N) is 1. The second-order valence-corrected chi connectivity index (χ2v) is 3.67. The first kappa shape index (κ1) is 11.2. The summed E-state index contributed by atoms with van der Waals surface area (Å²) in [4.78, 5) is 0. The van der Waals surface area contributed by atoms with Crippen molar-refractivity contribution in [2.24, 2.45) is 0 Å². The van der Waals surface area contributed by atoms with Gasteiger partial charge in [-0.2, -0.15) is 13.4 Å². The largest absolute Gasteiger partial charge is 0.509 e. The maximum atomic E-state index is 10.8. The Morgan fingerprint density at radius 1 is 1.55 bits per heavy atom. The van der Waals surface area contributed by atoms with Gasteiger partial charge in [-0.3, -0.25) is 4.52 Å². The molecule has 64 valence electrons. The van der Waals surface area contributed by atoms with E-state index in [9.17, 15) is 4.57 Å². The van der Waals surface area contributed by atoms with Crippen molar-refractivity contribution >= 4 is 31.6 Å². The molecule has 0 radical (unpaired) electrons. The molecule has 0 amide bonds. The smallest absolute Gasteiger partial charge is 0.267 e. The minimum atomic E-state index is -3.95. The second kappa shape index (κ2) is 4.94. The van der Waals surface area contributed by atoms with Crippen LogP contribution in [0.3, 0.4) is 0 Å². The third-order valence-electron chi connectivity index (χ3n) is 0.638. The van der Waals surface area contributed by atoms with Crippen LogP contribution in [-0.4, -0.2) is 6.10 Å². The first-order valence-electron chi connectivity index (χ1n) is 2.36. The van der Waals surface area contributed by atoms with Crippen LogP contribution in [0.15, 0.2) is 0 Å². The highest BCUT2D eigenvalue weighted by molar-refractivity contribution is 7.50. The van der Waals surface area contributed by atoms with Crippen LogP contribution >= 0.6 is 31.6 Å². The summed E-state index contributed by atoms with van der Waals surface area (Å²) >= 11 is 9.41. The highest BCUT2D eigenvalue weighted by Crippen LogP contribution is 2.52. The molecule has 0 heterocycles. The highest BCUT2D eigenvalue weighted by Gasteiger charge is 2.29. The molecule has 8 heteroatoms. The van der Waals surface area contributed by atoms with E-state index >= 15 is 0 Å². The van der Waals surface area contributed by atoms with Crippen molar-refractivity contribution in [1.82, 2.24) is 0 Å². The third-order valence-corrected chi connectivity index (χ3v) is 2.56. The molecule has 0 bridgehead atoms. The monoisotopic (exact) mass is 219 g/mol. The summed E-state index contributed by atoms with van der Waals surface area (Å²) < 4.78 is 22.7. The second-order valence-electron chi connectivity index (χ2n) is 1.46. The van der Waals surface area contributed by atoms with E-state index in [1.807, 2.05) is 0 Å². The Kier molecular flexibility index (Phi) is 5.02. The molecule has 0 aliphatic rings. The molecule has 1 atom stereocenters. The van der Waals surface area contributed by atoms with Gasteiger partial charge in [0.2, 0.25) is 0 Å². The molecular weight excluding hydrogens is 216 g/mol. The predicted octanol–water partition coefficient (Wildman–Crippen LogP) is 2.36. The fourth-order valence-electron chi connectivity index (χ4n) is 0.260. The molecule has 0 saturated carbocycles. The van der Waals surface area contributed by atoms with Gasteiger partial charge in [0.15, 0.2) is 6.10 Å². The number of hydrogen-bond acceptors (Lipinski definition) is 5.